The van der Waals surface area contributed by atoms with E-state index in [1.165, 1.54) is 10.4 Å². The number of carbonyl (C=O) groups excluding carboxylic acids is 1. The Morgan fingerprint density at radius 3 is 3.20 bits per heavy atom. The largest absolute Gasteiger partial charge is 0.333 e. The Bertz CT molecular complexity index is 401. The Morgan fingerprint density at radius 1 is 1.47 bits per heavy atom. The molecule has 0 saturated carbocycles. The Labute approximate surface area is 92.9 Å². The van der Waals surface area contributed by atoms with Gasteiger partial charge in [0.2, 0.25) is 5.91 Å². The molecule has 1 amide bonds. The fraction of sp³-hybridized carbons (Fsp3) is 0.545. The highest BCUT2D eigenvalue weighted by Crippen LogP contribution is 2.39. The lowest BCUT2D eigenvalue weighted by Gasteiger charge is -2.42. The minimum Gasteiger partial charge on any atom is -0.333 e. The molecule has 2 aliphatic heterocycles. The van der Waals surface area contributed by atoms with Gasteiger partial charge in [-0.3, -0.25) is 4.79 Å². The third-order valence-corrected chi connectivity index (χ3v) is 4.45. The molecule has 3 heterocycles. The summed E-state index contributed by atoms with van der Waals surface area (Å²) in [4.78, 5) is 15.1. The monoisotopic (exact) mass is 222 g/mol. The number of hydrogen-bond donors (Lipinski definition) is 1. The maximum absolute atomic E-state index is 11.8. The van der Waals surface area contributed by atoms with Crippen LogP contribution >= 0.6 is 11.3 Å². The Morgan fingerprint density at radius 2 is 2.33 bits per heavy atom. The van der Waals surface area contributed by atoms with Gasteiger partial charge in [0.1, 0.15) is 0 Å². The average molecular weight is 222 g/mol. The number of fused-ring (bicyclic) bond motifs is 3. The molecule has 2 atom stereocenters. The highest BCUT2D eigenvalue weighted by molar-refractivity contribution is 7.10. The highest BCUT2D eigenvalue weighted by Gasteiger charge is 2.38. The molecule has 3 rings (SSSR count). The number of rotatable bonds is 0. The van der Waals surface area contributed by atoms with E-state index in [9.17, 15) is 4.79 Å². The number of hydrogen-bond acceptors (Lipinski definition) is 3. The van der Waals surface area contributed by atoms with Gasteiger partial charge >= 0.3 is 0 Å². The van der Waals surface area contributed by atoms with Crippen molar-refractivity contribution in [2.24, 2.45) is 5.73 Å². The van der Waals surface area contributed by atoms with Gasteiger partial charge in [-0.25, -0.2) is 0 Å². The van der Waals surface area contributed by atoms with Crippen LogP contribution in [0.25, 0.3) is 0 Å². The van der Waals surface area contributed by atoms with E-state index < -0.39 is 0 Å². The van der Waals surface area contributed by atoms with Crippen molar-refractivity contribution in [2.45, 2.75) is 31.3 Å². The number of amides is 1. The summed E-state index contributed by atoms with van der Waals surface area (Å²) in [5, 5.41) is 2.11. The molecule has 1 saturated heterocycles. The van der Waals surface area contributed by atoms with Gasteiger partial charge in [-0.1, -0.05) is 0 Å². The lowest BCUT2D eigenvalue weighted by molar-refractivity contribution is -0.137. The first-order valence-corrected chi connectivity index (χ1v) is 6.26. The van der Waals surface area contributed by atoms with Crippen LogP contribution in [-0.4, -0.2) is 23.4 Å². The molecule has 3 nitrogen and oxygen atoms in total. The summed E-state index contributed by atoms with van der Waals surface area (Å²) in [6, 6.07) is 2.46. The molecule has 0 bridgehead atoms. The van der Waals surface area contributed by atoms with Crippen LogP contribution < -0.4 is 5.73 Å². The van der Waals surface area contributed by atoms with Crippen molar-refractivity contribution in [1.29, 1.82) is 0 Å². The van der Waals surface area contributed by atoms with E-state index in [-0.39, 0.29) is 18.0 Å². The lowest BCUT2D eigenvalue weighted by atomic mass is 9.89. The quantitative estimate of drug-likeness (QED) is 0.719. The molecule has 2 aliphatic rings. The van der Waals surface area contributed by atoms with Crippen LogP contribution in [0.1, 0.15) is 29.3 Å². The molecule has 0 spiro atoms. The number of carbonyl (C=O) groups is 1. The third kappa shape index (κ3) is 1.32. The van der Waals surface area contributed by atoms with Crippen molar-refractivity contribution < 1.29 is 4.79 Å². The Balaban J connectivity index is 2.04. The van der Waals surface area contributed by atoms with Crippen LogP contribution in [0.4, 0.5) is 0 Å². The number of piperidine rings is 1. The van der Waals surface area contributed by atoms with Gasteiger partial charge in [0.15, 0.2) is 0 Å². The highest BCUT2D eigenvalue weighted by atomic mass is 32.1. The first-order valence-electron chi connectivity index (χ1n) is 5.38. The van der Waals surface area contributed by atoms with E-state index in [1.807, 2.05) is 4.90 Å². The molecule has 1 aromatic rings. The number of thiophene rings is 1. The van der Waals surface area contributed by atoms with Gasteiger partial charge in [0.05, 0.1) is 6.04 Å². The zero-order chi connectivity index (χ0) is 10.4. The van der Waals surface area contributed by atoms with Crippen LogP contribution in [0.15, 0.2) is 11.4 Å². The fourth-order valence-corrected chi connectivity index (χ4v) is 3.77. The van der Waals surface area contributed by atoms with Crippen molar-refractivity contribution in [3.63, 3.8) is 0 Å². The molecule has 1 fully saturated rings. The first kappa shape index (κ1) is 9.36. The van der Waals surface area contributed by atoms with Gasteiger partial charge in [0, 0.05) is 23.9 Å². The van der Waals surface area contributed by atoms with Gasteiger partial charge in [-0.15, -0.1) is 11.3 Å². The predicted molar refractivity (Wildman–Crippen MR) is 59.7 cm³/mol. The first-order chi connectivity index (χ1) is 7.27. The van der Waals surface area contributed by atoms with Gasteiger partial charge in [0.25, 0.3) is 0 Å². The molecular weight excluding hydrogens is 208 g/mol. The summed E-state index contributed by atoms with van der Waals surface area (Å²) in [6.07, 6.45) is 2.45. The topological polar surface area (TPSA) is 46.3 Å². The van der Waals surface area contributed by atoms with Crippen molar-refractivity contribution in [2.75, 3.05) is 6.54 Å². The van der Waals surface area contributed by atoms with Crippen molar-refractivity contribution in [3.05, 3.63) is 21.9 Å². The van der Waals surface area contributed by atoms with Crippen molar-refractivity contribution in [1.82, 2.24) is 4.90 Å². The normalized spacial score (nSPS) is 29.9. The lowest BCUT2D eigenvalue weighted by Crippen LogP contribution is -2.51. The second kappa shape index (κ2) is 3.32. The van der Waals surface area contributed by atoms with Crippen LogP contribution in [0, 0.1) is 0 Å². The molecule has 0 radical (unpaired) electrons. The zero-order valence-electron chi connectivity index (χ0n) is 8.48. The molecule has 2 unspecified atom stereocenters. The average Bonchev–Trinajstić information content (AvgIpc) is 2.70. The maximum atomic E-state index is 11.8. The van der Waals surface area contributed by atoms with Crippen LogP contribution in [0.3, 0.4) is 0 Å². The molecule has 0 aromatic carbocycles. The second-order valence-corrected chi connectivity index (χ2v) is 5.24. The fourth-order valence-electron chi connectivity index (χ4n) is 2.63. The van der Waals surface area contributed by atoms with E-state index in [2.05, 4.69) is 11.4 Å². The molecule has 1 aromatic heterocycles. The van der Waals surface area contributed by atoms with Gasteiger partial charge in [-0.2, -0.15) is 0 Å². The smallest absolute Gasteiger partial charge is 0.223 e. The van der Waals surface area contributed by atoms with E-state index in [1.54, 1.807) is 11.3 Å². The Hall–Kier alpha value is -0.870. The summed E-state index contributed by atoms with van der Waals surface area (Å²) in [5.41, 5.74) is 7.53. The van der Waals surface area contributed by atoms with Gasteiger partial charge in [-0.05, 0) is 29.9 Å². The summed E-state index contributed by atoms with van der Waals surface area (Å²) >= 11 is 1.74. The van der Waals surface area contributed by atoms with E-state index in [4.69, 9.17) is 5.73 Å². The number of nitrogens with two attached hydrogens (primary N) is 1. The minimum atomic E-state index is 0.125. The SMILES string of the molecule is NC1CCC(=O)N2CCc3ccsc3C12. The molecule has 80 valence electrons. The van der Waals surface area contributed by atoms with E-state index in [0.29, 0.717) is 6.42 Å². The molecule has 0 aliphatic carbocycles. The molecule has 15 heavy (non-hydrogen) atoms. The summed E-state index contributed by atoms with van der Waals surface area (Å²) in [5.74, 6) is 0.278. The summed E-state index contributed by atoms with van der Waals surface area (Å²) in [6.45, 7) is 0.848. The van der Waals surface area contributed by atoms with Gasteiger partial charge < -0.3 is 10.6 Å². The number of nitrogens with zero attached hydrogens (tertiary/aromatic N) is 1. The van der Waals surface area contributed by atoms with Crippen LogP contribution in [0.2, 0.25) is 0 Å². The maximum Gasteiger partial charge on any atom is 0.223 e. The zero-order valence-corrected chi connectivity index (χ0v) is 9.30. The van der Waals surface area contributed by atoms with Crippen LogP contribution in [0.5, 0.6) is 0 Å². The third-order valence-electron chi connectivity index (χ3n) is 3.42. The standard InChI is InChI=1S/C11H14N2OS/c12-8-1-2-9(14)13-5-3-7-4-6-15-11(7)10(8)13/h4,6,8,10H,1-3,5,12H2. The second-order valence-electron chi connectivity index (χ2n) is 4.29. The summed E-state index contributed by atoms with van der Waals surface area (Å²) in [7, 11) is 0. The Kier molecular flexibility index (Phi) is 2.07. The molecular formula is C11H14N2OS. The molecule has 4 heteroatoms. The summed E-state index contributed by atoms with van der Waals surface area (Å²) < 4.78 is 0. The van der Waals surface area contributed by atoms with E-state index >= 15 is 0 Å². The predicted octanol–water partition coefficient (Wildman–Crippen LogP) is 1.29. The van der Waals surface area contributed by atoms with Crippen molar-refractivity contribution >= 4 is 17.2 Å². The van der Waals surface area contributed by atoms with Crippen LogP contribution in [-0.2, 0) is 11.2 Å². The van der Waals surface area contributed by atoms with Crippen molar-refractivity contribution in [3.8, 4) is 0 Å². The molecule has 2 N–H and O–H groups in total. The van der Waals surface area contributed by atoms with E-state index in [0.717, 1.165) is 19.4 Å². The minimum absolute atomic E-state index is 0.125.